The molecule has 0 fully saturated rings. The highest BCUT2D eigenvalue weighted by atomic mass is 16.5. The van der Waals surface area contributed by atoms with E-state index >= 15 is 0 Å². The van der Waals surface area contributed by atoms with Gasteiger partial charge in [-0.05, 0) is 17.0 Å². The zero-order chi connectivity index (χ0) is 18.8. The van der Waals surface area contributed by atoms with E-state index in [0.717, 1.165) is 5.56 Å². The van der Waals surface area contributed by atoms with Gasteiger partial charge in [-0.1, -0.05) is 67.6 Å². The van der Waals surface area contributed by atoms with E-state index in [-0.39, 0.29) is 18.2 Å². The number of amides is 1. The molecule has 26 heavy (non-hydrogen) atoms. The van der Waals surface area contributed by atoms with Crippen LogP contribution in [-0.2, 0) is 25.7 Å². The molecular formula is C21H25NO4. The van der Waals surface area contributed by atoms with Crippen LogP contribution in [0, 0.1) is 5.92 Å². The van der Waals surface area contributed by atoms with Gasteiger partial charge in [0, 0.05) is 6.42 Å². The Morgan fingerprint density at radius 3 is 2.23 bits per heavy atom. The molecule has 2 aromatic carbocycles. The van der Waals surface area contributed by atoms with E-state index in [1.54, 1.807) is 12.1 Å². The first kappa shape index (κ1) is 19.7. The Morgan fingerprint density at radius 2 is 1.62 bits per heavy atom. The lowest BCUT2D eigenvalue weighted by Crippen LogP contribution is -2.35. The summed E-state index contributed by atoms with van der Waals surface area (Å²) in [6, 6.07) is 18.1. The van der Waals surface area contributed by atoms with Crippen molar-refractivity contribution >= 4 is 11.9 Å². The molecule has 0 heterocycles. The fourth-order valence-corrected chi connectivity index (χ4v) is 2.59. The number of rotatable bonds is 9. The molecule has 0 aliphatic carbocycles. The van der Waals surface area contributed by atoms with Crippen LogP contribution in [0.5, 0.6) is 0 Å². The zero-order valence-corrected chi connectivity index (χ0v) is 15.2. The van der Waals surface area contributed by atoms with Crippen molar-refractivity contribution in [2.45, 2.75) is 26.0 Å². The summed E-state index contributed by atoms with van der Waals surface area (Å²) in [6.07, 6.45) is 0.273. The van der Waals surface area contributed by atoms with Gasteiger partial charge in [-0.15, -0.1) is 0 Å². The molecule has 0 saturated carbocycles. The topological polar surface area (TPSA) is 64.6 Å². The van der Waals surface area contributed by atoms with Gasteiger partial charge in [0.25, 0.3) is 0 Å². The predicted molar refractivity (Wildman–Crippen MR) is 99.2 cm³/mol. The van der Waals surface area contributed by atoms with E-state index in [9.17, 15) is 9.59 Å². The highest BCUT2D eigenvalue weighted by molar-refractivity contribution is 5.85. The van der Waals surface area contributed by atoms with Crippen LogP contribution in [0.15, 0.2) is 60.7 Å². The van der Waals surface area contributed by atoms with E-state index in [1.165, 1.54) is 7.11 Å². The molecule has 0 aliphatic heterocycles. The van der Waals surface area contributed by atoms with Gasteiger partial charge in [-0.2, -0.15) is 0 Å². The lowest BCUT2D eigenvalue weighted by Gasteiger charge is -2.18. The van der Waals surface area contributed by atoms with Crippen LogP contribution in [0.4, 0.5) is 0 Å². The van der Waals surface area contributed by atoms with Gasteiger partial charge in [0.1, 0.15) is 0 Å². The number of hydrogen-bond donors (Lipinski definition) is 1. The maximum Gasteiger partial charge on any atom is 0.333 e. The second-order valence-corrected chi connectivity index (χ2v) is 6.24. The zero-order valence-electron chi connectivity index (χ0n) is 15.2. The van der Waals surface area contributed by atoms with Crippen LogP contribution >= 0.6 is 0 Å². The summed E-state index contributed by atoms with van der Waals surface area (Å²) in [5, 5.41) is 2.75. The maximum atomic E-state index is 12.3. The predicted octanol–water partition coefficient (Wildman–Crippen LogP) is 3.26. The number of benzene rings is 2. The molecule has 1 unspecified atom stereocenters. The minimum absolute atomic E-state index is 0.0350. The molecule has 0 spiro atoms. The quantitative estimate of drug-likeness (QED) is 0.701. The van der Waals surface area contributed by atoms with Gasteiger partial charge < -0.3 is 14.8 Å². The first-order chi connectivity index (χ1) is 12.6. The normalized spacial score (nSPS) is 12.8. The number of esters is 1. The SMILES string of the molecule is COC(=O)[C@H](NC(=O)CC(C)COCc1ccccc1)c1ccccc1. The van der Waals surface area contributed by atoms with Crippen LogP contribution in [-0.4, -0.2) is 25.6 Å². The van der Waals surface area contributed by atoms with Crippen LogP contribution in [0.25, 0.3) is 0 Å². The molecule has 0 radical (unpaired) electrons. The summed E-state index contributed by atoms with van der Waals surface area (Å²) in [5.41, 5.74) is 1.79. The smallest absolute Gasteiger partial charge is 0.333 e. The first-order valence-electron chi connectivity index (χ1n) is 8.64. The number of carbonyl (C=O) groups is 2. The molecule has 0 aliphatic rings. The fraction of sp³-hybridized carbons (Fsp3) is 0.333. The van der Waals surface area contributed by atoms with Crippen LogP contribution < -0.4 is 5.32 Å². The molecule has 5 nitrogen and oxygen atoms in total. The van der Waals surface area contributed by atoms with E-state index in [0.29, 0.717) is 18.8 Å². The van der Waals surface area contributed by atoms with Crippen LogP contribution in [0.2, 0.25) is 0 Å². The van der Waals surface area contributed by atoms with Crippen LogP contribution in [0.3, 0.4) is 0 Å². The summed E-state index contributed by atoms with van der Waals surface area (Å²) in [6.45, 7) is 2.93. The number of nitrogens with one attached hydrogen (secondary N) is 1. The van der Waals surface area contributed by atoms with Crippen molar-refractivity contribution in [1.29, 1.82) is 0 Å². The van der Waals surface area contributed by atoms with Gasteiger partial charge in [0.2, 0.25) is 5.91 Å². The highest BCUT2D eigenvalue weighted by Gasteiger charge is 2.24. The minimum atomic E-state index is -0.800. The van der Waals surface area contributed by atoms with Crippen molar-refractivity contribution in [2.75, 3.05) is 13.7 Å². The van der Waals surface area contributed by atoms with Gasteiger partial charge in [0.05, 0.1) is 20.3 Å². The van der Waals surface area contributed by atoms with Crippen molar-refractivity contribution in [3.63, 3.8) is 0 Å². The lowest BCUT2D eigenvalue weighted by atomic mass is 10.1. The molecule has 2 aromatic rings. The standard InChI is InChI=1S/C21H25NO4/c1-16(14-26-15-17-9-5-3-6-10-17)13-19(23)22-20(21(24)25-2)18-11-7-4-8-12-18/h3-12,16,20H,13-15H2,1-2H3,(H,22,23)/t16?,20-/m1/s1. The monoisotopic (exact) mass is 355 g/mol. The van der Waals surface area contributed by atoms with E-state index < -0.39 is 12.0 Å². The molecule has 2 atom stereocenters. The van der Waals surface area contributed by atoms with Gasteiger partial charge in [-0.3, -0.25) is 4.79 Å². The minimum Gasteiger partial charge on any atom is -0.467 e. The van der Waals surface area contributed by atoms with E-state index in [4.69, 9.17) is 9.47 Å². The van der Waals surface area contributed by atoms with Crippen molar-refractivity contribution < 1.29 is 19.1 Å². The van der Waals surface area contributed by atoms with Crippen molar-refractivity contribution in [2.24, 2.45) is 5.92 Å². The number of methoxy groups -OCH3 is 1. The Bertz CT molecular complexity index is 688. The third-order valence-corrected chi connectivity index (χ3v) is 3.92. The maximum absolute atomic E-state index is 12.3. The Labute approximate surface area is 154 Å². The van der Waals surface area contributed by atoms with Crippen molar-refractivity contribution in [3.8, 4) is 0 Å². The Hall–Kier alpha value is -2.66. The molecule has 2 rings (SSSR count). The third kappa shape index (κ3) is 6.33. The van der Waals surface area contributed by atoms with Crippen LogP contribution in [0.1, 0.15) is 30.5 Å². The average Bonchev–Trinajstić information content (AvgIpc) is 2.67. The summed E-state index contributed by atoms with van der Waals surface area (Å²) < 4.78 is 10.5. The molecule has 138 valence electrons. The fourth-order valence-electron chi connectivity index (χ4n) is 2.59. The second-order valence-electron chi connectivity index (χ2n) is 6.24. The number of carbonyl (C=O) groups excluding carboxylic acids is 2. The van der Waals surface area contributed by atoms with Gasteiger partial charge >= 0.3 is 5.97 Å². The molecule has 0 bridgehead atoms. The third-order valence-electron chi connectivity index (χ3n) is 3.92. The summed E-state index contributed by atoms with van der Waals surface area (Å²) in [7, 11) is 1.31. The molecule has 0 saturated heterocycles. The molecule has 5 heteroatoms. The molecule has 1 N–H and O–H groups in total. The summed E-state index contributed by atoms with van der Waals surface area (Å²) in [5.74, 6) is -0.662. The van der Waals surface area contributed by atoms with E-state index in [2.05, 4.69) is 5.32 Å². The van der Waals surface area contributed by atoms with E-state index in [1.807, 2.05) is 55.5 Å². The Kier molecular flexibility index (Phi) is 7.83. The van der Waals surface area contributed by atoms with Gasteiger partial charge in [0.15, 0.2) is 6.04 Å². The van der Waals surface area contributed by atoms with Crippen molar-refractivity contribution in [1.82, 2.24) is 5.32 Å². The average molecular weight is 355 g/mol. The molecule has 1 amide bonds. The highest BCUT2D eigenvalue weighted by Crippen LogP contribution is 2.15. The molecular weight excluding hydrogens is 330 g/mol. The van der Waals surface area contributed by atoms with Gasteiger partial charge in [-0.25, -0.2) is 4.79 Å². The second kappa shape index (κ2) is 10.4. The summed E-state index contributed by atoms with van der Waals surface area (Å²) >= 11 is 0. The first-order valence-corrected chi connectivity index (χ1v) is 8.64. The Balaban J connectivity index is 1.82. The Morgan fingerprint density at radius 1 is 1.00 bits per heavy atom. The lowest BCUT2D eigenvalue weighted by molar-refractivity contribution is -0.145. The number of ether oxygens (including phenoxy) is 2. The van der Waals surface area contributed by atoms with Crippen molar-refractivity contribution in [3.05, 3.63) is 71.8 Å². The summed E-state index contributed by atoms with van der Waals surface area (Å²) in [4.78, 5) is 24.3. The largest absolute Gasteiger partial charge is 0.467 e. The number of hydrogen-bond acceptors (Lipinski definition) is 4. The molecule has 0 aromatic heterocycles.